The number of benzene rings is 2. The van der Waals surface area contributed by atoms with Crippen molar-refractivity contribution in [2.75, 3.05) is 20.8 Å². The lowest BCUT2D eigenvalue weighted by Gasteiger charge is -2.17. The van der Waals surface area contributed by atoms with Gasteiger partial charge in [0.2, 0.25) is 5.75 Å². The first-order valence-corrected chi connectivity index (χ1v) is 8.15. The molecule has 132 valence electrons. The maximum Gasteiger partial charge on any atom is 0.204 e. The molecule has 5 nitrogen and oxygen atoms in total. The molecular weight excluding hydrogens is 320 g/mol. The van der Waals surface area contributed by atoms with Crippen molar-refractivity contribution in [2.45, 2.75) is 13.8 Å². The summed E-state index contributed by atoms with van der Waals surface area (Å²) in [7, 11) is 3.13. The van der Waals surface area contributed by atoms with E-state index in [-0.39, 0.29) is 5.75 Å². The Morgan fingerprint density at radius 1 is 1.00 bits per heavy atom. The van der Waals surface area contributed by atoms with Crippen LogP contribution in [0.3, 0.4) is 0 Å². The zero-order valence-electron chi connectivity index (χ0n) is 14.8. The van der Waals surface area contributed by atoms with Crippen molar-refractivity contribution in [3.8, 4) is 34.3 Å². The van der Waals surface area contributed by atoms with Crippen LogP contribution in [0.2, 0.25) is 0 Å². The predicted octanol–water partition coefficient (Wildman–Crippen LogP) is 4.86. The Balaban J connectivity index is 2.21. The minimum Gasteiger partial charge on any atom is -0.504 e. The van der Waals surface area contributed by atoms with Crippen LogP contribution in [0.4, 0.5) is 0 Å². The van der Waals surface area contributed by atoms with Crippen molar-refractivity contribution in [3.63, 3.8) is 0 Å². The Morgan fingerprint density at radius 3 is 2.40 bits per heavy atom. The van der Waals surface area contributed by atoms with Gasteiger partial charge in [-0.15, -0.1) is 0 Å². The van der Waals surface area contributed by atoms with Crippen LogP contribution < -0.4 is 14.2 Å². The van der Waals surface area contributed by atoms with Crippen LogP contribution in [-0.2, 0) is 0 Å². The smallest absolute Gasteiger partial charge is 0.204 e. The molecule has 3 aromatic rings. The van der Waals surface area contributed by atoms with Gasteiger partial charge in [-0.25, -0.2) is 0 Å². The summed E-state index contributed by atoms with van der Waals surface area (Å²) in [4.78, 5) is 0. The molecule has 0 atom stereocenters. The molecule has 0 saturated carbocycles. The maximum absolute atomic E-state index is 10.6. The van der Waals surface area contributed by atoms with Crippen molar-refractivity contribution in [3.05, 3.63) is 36.4 Å². The van der Waals surface area contributed by atoms with Gasteiger partial charge in [-0.3, -0.25) is 0 Å². The van der Waals surface area contributed by atoms with E-state index in [0.29, 0.717) is 52.1 Å². The first-order valence-electron chi connectivity index (χ1n) is 8.15. The van der Waals surface area contributed by atoms with Crippen LogP contribution in [0.5, 0.6) is 23.0 Å². The molecule has 0 unspecified atom stereocenters. The third-order valence-electron chi connectivity index (χ3n) is 3.87. The Labute approximate surface area is 146 Å². The first-order chi connectivity index (χ1) is 12.1. The number of ether oxygens (including phenoxy) is 3. The number of para-hydroxylation sites is 1. The highest BCUT2D eigenvalue weighted by molar-refractivity contribution is 5.92. The monoisotopic (exact) mass is 342 g/mol. The summed E-state index contributed by atoms with van der Waals surface area (Å²) in [6.45, 7) is 4.62. The van der Waals surface area contributed by atoms with Gasteiger partial charge in [-0.1, -0.05) is 26.0 Å². The van der Waals surface area contributed by atoms with Gasteiger partial charge >= 0.3 is 0 Å². The molecule has 1 heterocycles. The molecule has 2 aromatic carbocycles. The molecule has 0 amide bonds. The molecule has 0 spiro atoms. The second-order valence-corrected chi connectivity index (χ2v) is 6.16. The quantitative estimate of drug-likeness (QED) is 0.693. The second-order valence-electron chi connectivity index (χ2n) is 6.16. The highest BCUT2D eigenvalue weighted by Crippen LogP contribution is 2.49. The Morgan fingerprint density at radius 2 is 1.76 bits per heavy atom. The zero-order chi connectivity index (χ0) is 18.0. The van der Waals surface area contributed by atoms with E-state index in [1.54, 1.807) is 26.4 Å². The van der Waals surface area contributed by atoms with E-state index in [0.717, 1.165) is 0 Å². The van der Waals surface area contributed by atoms with Gasteiger partial charge in [0.1, 0.15) is 5.58 Å². The number of hydrogen-bond donors (Lipinski definition) is 1. The van der Waals surface area contributed by atoms with Gasteiger partial charge in [0.15, 0.2) is 23.0 Å². The summed E-state index contributed by atoms with van der Waals surface area (Å²) in [5, 5.41) is 11.3. The van der Waals surface area contributed by atoms with Crippen LogP contribution in [0.1, 0.15) is 13.8 Å². The third kappa shape index (κ3) is 3.09. The number of methoxy groups -OCH3 is 2. The molecule has 1 N–H and O–H groups in total. The van der Waals surface area contributed by atoms with E-state index in [9.17, 15) is 5.11 Å². The number of hydrogen-bond acceptors (Lipinski definition) is 5. The molecule has 5 heteroatoms. The molecule has 1 aromatic heterocycles. The van der Waals surface area contributed by atoms with Crippen LogP contribution in [0.15, 0.2) is 40.8 Å². The number of aromatic hydroxyl groups is 1. The van der Waals surface area contributed by atoms with E-state index in [2.05, 4.69) is 13.8 Å². The Hall–Kier alpha value is -2.82. The van der Waals surface area contributed by atoms with Crippen molar-refractivity contribution in [1.82, 2.24) is 0 Å². The predicted molar refractivity (Wildman–Crippen MR) is 96.8 cm³/mol. The van der Waals surface area contributed by atoms with Crippen LogP contribution in [-0.4, -0.2) is 25.9 Å². The van der Waals surface area contributed by atoms with Crippen LogP contribution in [0, 0.1) is 5.92 Å². The van der Waals surface area contributed by atoms with Crippen LogP contribution >= 0.6 is 0 Å². The van der Waals surface area contributed by atoms with Gasteiger partial charge in [0, 0.05) is 0 Å². The molecule has 0 radical (unpaired) electrons. The molecule has 3 rings (SSSR count). The van der Waals surface area contributed by atoms with E-state index >= 15 is 0 Å². The summed E-state index contributed by atoms with van der Waals surface area (Å²) >= 11 is 0. The summed E-state index contributed by atoms with van der Waals surface area (Å²) in [5.74, 6) is 2.28. The normalized spacial score (nSPS) is 11.1. The molecule has 0 aliphatic heterocycles. The van der Waals surface area contributed by atoms with Crippen molar-refractivity contribution >= 4 is 11.0 Å². The summed E-state index contributed by atoms with van der Waals surface area (Å²) in [6, 6.07) is 10.9. The molecule has 0 aliphatic rings. The standard InChI is InChI=1S/C20H22O5/c1-12(2)11-24-19-14(9-10-16(22-3)20(19)23-4)18-17(21)13-7-5-6-8-15(13)25-18/h5-10,12,21H,11H2,1-4H3. The lowest BCUT2D eigenvalue weighted by atomic mass is 10.1. The van der Waals surface area contributed by atoms with Gasteiger partial charge < -0.3 is 23.7 Å². The molecule has 0 fully saturated rings. The number of furan rings is 1. The zero-order valence-corrected chi connectivity index (χ0v) is 14.8. The maximum atomic E-state index is 10.6. The highest BCUT2D eigenvalue weighted by atomic mass is 16.5. The van der Waals surface area contributed by atoms with Gasteiger partial charge in [-0.2, -0.15) is 0 Å². The average Bonchev–Trinajstić information content (AvgIpc) is 2.95. The molecular formula is C20H22O5. The van der Waals surface area contributed by atoms with E-state index < -0.39 is 0 Å². The van der Waals surface area contributed by atoms with Gasteiger partial charge in [0.25, 0.3) is 0 Å². The summed E-state index contributed by atoms with van der Waals surface area (Å²) in [5.41, 5.74) is 1.23. The molecule has 25 heavy (non-hydrogen) atoms. The average molecular weight is 342 g/mol. The van der Waals surface area contributed by atoms with Gasteiger partial charge in [0.05, 0.1) is 31.8 Å². The molecule has 0 bridgehead atoms. The lowest BCUT2D eigenvalue weighted by molar-refractivity contribution is 0.252. The van der Waals surface area contributed by atoms with Crippen molar-refractivity contribution in [1.29, 1.82) is 0 Å². The SMILES string of the molecule is COc1ccc(-c2oc3ccccc3c2O)c(OCC(C)C)c1OC. The van der Waals surface area contributed by atoms with E-state index in [4.69, 9.17) is 18.6 Å². The fourth-order valence-electron chi connectivity index (χ4n) is 2.69. The number of rotatable bonds is 6. The van der Waals surface area contributed by atoms with E-state index in [1.807, 2.05) is 24.3 Å². The largest absolute Gasteiger partial charge is 0.504 e. The topological polar surface area (TPSA) is 61.1 Å². The summed E-state index contributed by atoms with van der Waals surface area (Å²) in [6.07, 6.45) is 0. The fraction of sp³-hybridized carbons (Fsp3) is 0.300. The third-order valence-corrected chi connectivity index (χ3v) is 3.87. The second kappa shape index (κ2) is 6.97. The van der Waals surface area contributed by atoms with Crippen LogP contribution in [0.25, 0.3) is 22.3 Å². The number of fused-ring (bicyclic) bond motifs is 1. The van der Waals surface area contributed by atoms with Gasteiger partial charge in [-0.05, 0) is 30.2 Å². The first kappa shape index (κ1) is 17.0. The van der Waals surface area contributed by atoms with Crippen molar-refractivity contribution < 1.29 is 23.7 Å². The molecule has 0 aliphatic carbocycles. The lowest BCUT2D eigenvalue weighted by Crippen LogP contribution is -2.07. The minimum absolute atomic E-state index is 0.0808. The minimum atomic E-state index is 0.0808. The van der Waals surface area contributed by atoms with E-state index in [1.165, 1.54) is 0 Å². The highest BCUT2D eigenvalue weighted by Gasteiger charge is 2.24. The summed E-state index contributed by atoms with van der Waals surface area (Å²) < 4.78 is 22.7. The molecule has 0 saturated heterocycles. The fourth-order valence-corrected chi connectivity index (χ4v) is 2.69. The van der Waals surface area contributed by atoms with Crippen molar-refractivity contribution in [2.24, 2.45) is 5.92 Å². The Bertz CT molecular complexity index is 879. The Kier molecular flexibility index (Phi) is 4.74.